The van der Waals surface area contributed by atoms with E-state index >= 15 is 0 Å². The molecule has 4 rings (SSSR count). The number of phosphoric ester groups is 1. The van der Waals surface area contributed by atoms with Crippen LogP contribution in [0.3, 0.4) is 0 Å². The zero-order chi connectivity index (χ0) is 21.3. The van der Waals surface area contributed by atoms with Crippen molar-refractivity contribution in [1.29, 1.82) is 0 Å². The number of nitrogens with zero attached hydrogens (tertiary/aromatic N) is 4. The highest BCUT2D eigenvalue weighted by molar-refractivity contribution is 7.48. The first-order valence-electron chi connectivity index (χ1n) is 9.44. The fourth-order valence-corrected chi connectivity index (χ4v) is 4.91. The van der Waals surface area contributed by atoms with E-state index in [1.54, 1.807) is 0 Å². The number of ether oxygens (including phenoxy) is 2. The zero-order valence-electron chi connectivity index (χ0n) is 16.2. The molecule has 2 aliphatic heterocycles. The number of hydrogen-bond acceptors (Lipinski definition) is 10. The van der Waals surface area contributed by atoms with Crippen molar-refractivity contribution in [3.63, 3.8) is 0 Å². The molecular weight excluding hydrogens is 417 g/mol. The van der Waals surface area contributed by atoms with Crippen LogP contribution in [0.15, 0.2) is 12.5 Å². The summed E-state index contributed by atoms with van der Waals surface area (Å²) in [6, 6.07) is 0. The monoisotopic (exact) mass is 439 g/mol. The number of aliphatic hydroxyl groups excluding tert-OH is 1. The molecule has 0 aliphatic carbocycles. The van der Waals surface area contributed by atoms with Crippen LogP contribution in [0.2, 0.25) is 0 Å². The van der Waals surface area contributed by atoms with Crippen LogP contribution >= 0.6 is 7.82 Å². The number of hydrogen-bond donors (Lipinski definition) is 2. The van der Waals surface area contributed by atoms with Crippen LogP contribution in [0.5, 0.6) is 0 Å². The molecule has 5 atom stereocenters. The normalized spacial score (nSPS) is 31.0. The summed E-state index contributed by atoms with van der Waals surface area (Å²) in [6.07, 6.45) is -0.485. The Labute approximate surface area is 172 Å². The summed E-state index contributed by atoms with van der Waals surface area (Å²) in [5.41, 5.74) is 6.46. The number of anilines is 1. The molecule has 2 aliphatic rings. The van der Waals surface area contributed by atoms with Crippen molar-refractivity contribution in [3.05, 3.63) is 23.9 Å². The molecule has 0 amide bonds. The number of aromatic nitrogens is 3. The highest BCUT2D eigenvalue weighted by Gasteiger charge is 2.53. The lowest BCUT2D eigenvalue weighted by molar-refractivity contribution is -0.0708. The Morgan fingerprint density at radius 3 is 3.07 bits per heavy atom. The van der Waals surface area contributed by atoms with Crippen molar-refractivity contribution in [2.75, 3.05) is 32.2 Å². The van der Waals surface area contributed by atoms with Crippen molar-refractivity contribution in [3.8, 4) is 0 Å². The van der Waals surface area contributed by atoms with Gasteiger partial charge in [0.05, 0.1) is 25.2 Å². The quantitative estimate of drug-likeness (QED) is 0.372. The largest absolute Gasteiger partial charge is 0.475 e. The molecule has 2 aromatic rings. The number of rotatable bonds is 7. The number of nitrogens with two attached hydrogens (primary N) is 1. The second-order valence-electron chi connectivity index (χ2n) is 6.74. The van der Waals surface area contributed by atoms with Gasteiger partial charge in [0, 0.05) is 19.4 Å². The van der Waals surface area contributed by atoms with E-state index in [4.69, 9.17) is 35.4 Å². The Kier molecular flexibility index (Phi) is 6.04. The predicted molar refractivity (Wildman–Crippen MR) is 104 cm³/mol. The number of fused-ring (bicyclic) bond motifs is 2. The van der Waals surface area contributed by atoms with Gasteiger partial charge in [-0.05, 0) is 13.3 Å². The van der Waals surface area contributed by atoms with Crippen LogP contribution in [0.25, 0.3) is 15.9 Å². The first-order valence-corrected chi connectivity index (χ1v) is 10.9. The molecule has 3 N–H and O–H groups in total. The fourth-order valence-electron chi connectivity index (χ4n) is 3.47. The van der Waals surface area contributed by atoms with Crippen LogP contribution in [-0.2, 0) is 27.6 Å². The summed E-state index contributed by atoms with van der Waals surface area (Å²) in [6.45, 7) is 10.3. The van der Waals surface area contributed by atoms with Gasteiger partial charge in [0.15, 0.2) is 6.23 Å². The predicted octanol–water partition coefficient (Wildman–Crippen LogP) is 1.79. The molecule has 30 heavy (non-hydrogen) atoms. The number of nitrogen functional groups attached to an aromatic ring is 1. The van der Waals surface area contributed by atoms with Crippen molar-refractivity contribution in [2.45, 2.75) is 37.9 Å². The summed E-state index contributed by atoms with van der Waals surface area (Å²) in [7, 11) is -3.84. The maximum atomic E-state index is 12.7. The number of aliphatic hydroxyl groups is 1. The first kappa shape index (κ1) is 21.1. The molecule has 2 saturated heterocycles. The average molecular weight is 439 g/mol. The van der Waals surface area contributed by atoms with Gasteiger partial charge in [-0.15, -0.1) is 0 Å². The maximum Gasteiger partial charge on any atom is 0.475 e. The van der Waals surface area contributed by atoms with Crippen molar-refractivity contribution >= 4 is 30.4 Å². The van der Waals surface area contributed by atoms with E-state index < -0.39 is 32.4 Å². The van der Waals surface area contributed by atoms with E-state index in [9.17, 15) is 9.67 Å². The van der Waals surface area contributed by atoms with Crippen LogP contribution in [-0.4, -0.2) is 64.4 Å². The highest BCUT2D eigenvalue weighted by Crippen LogP contribution is 2.57. The van der Waals surface area contributed by atoms with E-state index in [1.165, 1.54) is 17.1 Å². The Morgan fingerprint density at radius 2 is 2.30 bits per heavy atom. The van der Waals surface area contributed by atoms with E-state index in [2.05, 4.69) is 14.8 Å². The lowest BCUT2D eigenvalue weighted by atomic mass is 10.1. The van der Waals surface area contributed by atoms with Crippen LogP contribution in [0.4, 0.5) is 11.5 Å². The van der Waals surface area contributed by atoms with E-state index in [-0.39, 0.29) is 24.7 Å². The summed E-state index contributed by atoms with van der Waals surface area (Å²) in [4.78, 5) is 11.5. The molecule has 13 heteroatoms. The zero-order valence-corrected chi connectivity index (χ0v) is 17.1. The van der Waals surface area contributed by atoms with Crippen molar-refractivity contribution < 1.29 is 32.7 Å². The molecule has 0 aromatic carbocycles. The van der Waals surface area contributed by atoms with Gasteiger partial charge in [-0.25, -0.2) is 19.4 Å². The molecule has 1 unspecified atom stereocenters. The lowest BCUT2D eigenvalue weighted by Crippen LogP contribution is -2.39. The minimum Gasteiger partial charge on any atom is -0.386 e. The third kappa shape index (κ3) is 3.81. The van der Waals surface area contributed by atoms with Gasteiger partial charge in [0.2, 0.25) is 5.69 Å². The van der Waals surface area contributed by atoms with E-state index in [0.717, 1.165) is 0 Å². The summed E-state index contributed by atoms with van der Waals surface area (Å²) in [5.74, 6) is 0.152. The molecule has 2 aromatic heterocycles. The van der Waals surface area contributed by atoms with E-state index in [0.29, 0.717) is 30.7 Å². The van der Waals surface area contributed by atoms with Crippen molar-refractivity contribution in [1.82, 2.24) is 14.5 Å². The molecule has 12 nitrogen and oxygen atoms in total. The number of phosphoric acid groups is 1. The van der Waals surface area contributed by atoms with Gasteiger partial charge in [0.25, 0.3) is 0 Å². The van der Waals surface area contributed by atoms with Gasteiger partial charge in [-0.3, -0.25) is 13.6 Å². The van der Waals surface area contributed by atoms with Gasteiger partial charge in [-0.2, -0.15) is 0 Å². The Bertz CT molecular complexity index is 1010. The van der Waals surface area contributed by atoms with Gasteiger partial charge >= 0.3 is 7.82 Å². The topological polar surface area (TPSA) is 145 Å². The van der Waals surface area contributed by atoms with Crippen LogP contribution in [0, 0.1) is 6.57 Å². The SMILES string of the molecule is [C-]#[N+]c1cn([C@@H]2O[C@@H]3COP(=O)(OCCCOCC)O[C@H]3[C@H]2O)c2ncnc(N)c12. The molecule has 2 fully saturated rings. The second-order valence-corrected chi connectivity index (χ2v) is 8.36. The molecule has 162 valence electrons. The molecule has 0 spiro atoms. The third-order valence-electron chi connectivity index (χ3n) is 4.86. The maximum absolute atomic E-state index is 12.7. The third-order valence-corrected chi connectivity index (χ3v) is 6.32. The Balaban J connectivity index is 1.51. The minimum atomic E-state index is -3.84. The standard InChI is InChI=1S/C17H22N5O7P/c1-3-25-5-4-6-26-30(24)27-8-11-14(29-30)13(23)17(28-11)22-7-10(19-2)12-15(18)20-9-21-16(12)22/h7,9,11,13-14,17,23H,3-6,8H2,1H3,(H2,18,20,21)/t11-,13-,14-,17-,30?/m1/s1. The highest BCUT2D eigenvalue weighted by atomic mass is 31.2. The smallest absolute Gasteiger partial charge is 0.386 e. The average Bonchev–Trinajstić information content (AvgIpc) is 3.26. The first-order chi connectivity index (χ1) is 14.5. The van der Waals surface area contributed by atoms with Gasteiger partial charge < -0.3 is 24.9 Å². The summed E-state index contributed by atoms with van der Waals surface area (Å²) in [5, 5.41) is 11.2. The summed E-state index contributed by atoms with van der Waals surface area (Å²) >= 11 is 0. The van der Waals surface area contributed by atoms with Crippen LogP contribution < -0.4 is 5.73 Å². The van der Waals surface area contributed by atoms with Gasteiger partial charge in [-0.1, -0.05) is 0 Å². The van der Waals surface area contributed by atoms with Crippen LogP contribution in [0.1, 0.15) is 19.6 Å². The Morgan fingerprint density at radius 1 is 1.47 bits per heavy atom. The summed E-state index contributed by atoms with van der Waals surface area (Å²) < 4.78 is 41.4. The Hall–Kier alpha value is -2.10. The molecule has 4 heterocycles. The second kappa shape index (κ2) is 8.56. The molecule has 0 saturated carbocycles. The molecular formula is C17H22N5O7P. The fraction of sp³-hybridized carbons (Fsp3) is 0.588. The van der Waals surface area contributed by atoms with E-state index in [1.807, 2.05) is 6.92 Å². The van der Waals surface area contributed by atoms with Gasteiger partial charge in [0.1, 0.15) is 36.1 Å². The van der Waals surface area contributed by atoms with Crippen molar-refractivity contribution in [2.24, 2.45) is 0 Å². The lowest BCUT2D eigenvalue weighted by Gasteiger charge is -2.30. The molecule has 0 bridgehead atoms. The molecule has 0 radical (unpaired) electrons. The minimum absolute atomic E-state index is 0.0764.